The van der Waals surface area contributed by atoms with Crippen LogP contribution in [0.15, 0.2) is 18.2 Å². The number of Topliss-reactive ketones (excluding diaryl/α,β-unsaturated/α-hetero) is 1. The van der Waals surface area contributed by atoms with Gasteiger partial charge in [-0.1, -0.05) is 27.6 Å². The fraction of sp³-hybridized carbons (Fsp3) is 0.364. The summed E-state index contributed by atoms with van der Waals surface area (Å²) >= 11 is 3.25. The smallest absolute Gasteiger partial charge is 0.167 e. The Bertz CT molecular complexity index is 334. The van der Waals surface area contributed by atoms with E-state index >= 15 is 0 Å². The standard InChI is InChI=1S/C11H13BrO2/c1-8-3-4-11(14-2)9(7-8)10(13)5-6-12/h3-4,7H,5-6H2,1-2H3. The summed E-state index contributed by atoms with van der Waals surface area (Å²) in [6, 6.07) is 5.63. The van der Waals surface area contributed by atoms with Gasteiger partial charge in [-0.05, 0) is 19.1 Å². The number of alkyl halides is 1. The monoisotopic (exact) mass is 256 g/mol. The van der Waals surface area contributed by atoms with Crippen molar-refractivity contribution >= 4 is 21.7 Å². The number of aryl methyl sites for hydroxylation is 1. The van der Waals surface area contributed by atoms with Gasteiger partial charge in [0.1, 0.15) is 5.75 Å². The van der Waals surface area contributed by atoms with Crippen LogP contribution in [-0.2, 0) is 0 Å². The molecule has 0 amide bonds. The number of ketones is 1. The fourth-order valence-corrected chi connectivity index (χ4v) is 1.62. The number of ether oxygens (including phenoxy) is 1. The van der Waals surface area contributed by atoms with Crippen molar-refractivity contribution in [2.75, 3.05) is 12.4 Å². The van der Waals surface area contributed by atoms with E-state index in [9.17, 15) is 4.79 Å². The van der Waals surface area contributed by atoms with E-state index in [1.165, 1.54) is 0 Å². The van der Waals surface area contributed by atoms with Gasteiger partial charge in [-0.15, -0.1) is 0 Å². The van der Waals surface area contributed by atoms with Gasteiger partial charge in [-0.25, -0.2) is 0 Å². The summed E-state index contributed by atoms with van der Waals surface area (Å²) in [5.74, 6) is 0.768. The summed E-state index contributed by atoms with van der Waals surface area (Å²) in [6.07, 6.45) is 0.500. The lowest BCUT2D eigenvalue weighted by Gasteiger charge is -2.07. The first-order chi connectivity index (χ1) is 6.69. The average molecular weight is 257 g/mol. The normalized spacial score (nSPS) is 9.93. The van der Waals surface area contributed by atoms with Gasteiger partial charge in [0, 0.05) is 11.8 Å². The highest BCUT2D eigenvalue weighted by Gasteiger charge is 2.11. The maximum absolute atomic E-state index is 11.7. The van der Waals surface area contributed by atoms with Crippen LogP contribution in [0.1, 0.15) is 22.3 Å². The number of hydrogen-bond donors (Lipinski definition) is 0. The summed E-state index contributed by atoms with van der Waals surface area (Å²) in [4.78, 5) is 11.7. The molecule has 0 unspecified atom stereocenters. The van der Waals surface area contributed by atoms with E-state index in [1.807, 2.05) is 25.1 Å². The second-order valence-electron chi connectivity index (χ2n) is 3.07. The molecule has 0 aliphatic heterocycles. The van der Waals surface area contributed by atoms with Crippen LogP contribution in [0.3, 0.4) is 0 Å². The second kappa shape index (κ2) is 5.15. The molecule has 3 heteroatoms. The molecule has 0 spiro atoms. The quantitative estimate of drug-likeness (QED) is 0.612. The van der Waals surface area contributed by atoms with Crippen LogP contribution in [0.4, 0.5) is 0 Å². The van der Waals surface area contributed by atoms with Crippen LogP contribution < -0.4 is 4.74 Å². The van der Waals surface area contributed by atoms with E-state index in [-0.39, 0.29) is 5.78 Å². The number of halogens is 1. The summed E-state index contributed by atoms with van der Waals surface area (Å²) in [7, 11) is 1.58. The summed E-state index contributed by atoms with van der Waals surface area (Å²) < 4.78 is 5.13. The molecule has 0 saturated carbocycles. The van der Waals surface area contributed by atoms with Gasteiger partial charge < -0.3 is 4.74 Å². The molecule has 0 aliphatic carbocycles. The van der Waals surface area contributed by atoms with Crippen molar-refractivity contribution in [2.45, 2.75) is 13.3 Å². The van der Waals surface area contributed by atoms with Crippen molar-refractivity contribution in [2.24, 2.45) is 0 Å². The van der Waals surface area contributed by atoms with Gasteiger partial charge in [-0.3, -0.25) is 4.79 Å². The molecule has 14 heavy (non-hydrogen) atoms. The lowest BCUT2D eigenvalue weighted by atomic mass is 10.1. The highest BCUT2D eigenvalue weighted by atomic mass is 79.9. The number of carbonyl (C=O) groups excluding carboxylic acids is 1. The van der Waals surface area contributed by atoms with E-state index < -0.39 is 0 Å². The Morgan fingerprint density at radius 2 is 2.21 bits per heavy atom. The number of benzene rings is 1. The molecule has 2 nitrogen and oxygen atoms in total. The van der Waals surface area contributed by atoms with Crippen LogP contribution in [0.2, 0.25) is 0 Å². The molecular weight excluding hydrogens is 244 g/mol. The van der Waals surface area contributed by atoms with Crippen molar-refractivity contribution < 1.29 is 9.53 Å². The molecule has 1 aromatic carbocycles. The maximum Gasteiger partial charge on any atom is 0.167 e. The van der Waals surface area contributed by atoms with Crippen molar-refractivity contribution in [3.63, 3.8) is 0 Å². The minimum atomic E-state index is 0.113. The third kappa shape index (κ3) is 2.58. The Balaban J connectivity index is 3.03. The topological polar surface area (TPSA) is 26.3 Å². The van der Waals surface area contributed by atoms with Crippen molar-refractivity contribution in [1.29, 1.82) is 0 Å². The Labute approximate surface area is 92.4 Å². The molecule has 1 rings (SSSR count). The fourth-order valence-electron chi connectivity index (χ4n) is 1.26. The third-order valence-electron chi connectivity index (χ3n) is 1.98. The maximum atomic E-state index is 11.7. The van der Waals surface area contributed by atoms with Crippen LogP contribution in [-0.4, -0.2) is 18.2 Å². The largest absolute Gasteiger partial charge is 0.496 e. The number of hydrogen-bond acceptors (Lipinski definition) is 2. The van der Waals surface area contributed by atoms with Crippen molar-refractivity contribution in [1.82, 2.24) is 0 Å². The Hall–Kier alpha value is -0.830. The molecule has 0 radical (unpaired) electrons. The Morgan fingerprint density at radius 1 is 1.50 bits per heavy atom. The molecule has 0 fully saturated rings. The first-order valence-corrected chi connectivity index (χ1v) is 5.55. The van der Waals surface area contributed by atoms with Crippen LogP contribution in [0.25, 0.3) is 0 Å². The van der Waals surface area contributed by atoms with Gasteiger partial charge in [0.15, 0.2) is 5.78 Å². The number of rotatable bonds is 4. The zero-order chi connectivity index (χ0) is 10.6. The van der Waals surface area contributed by atoms with E-state index in [4.69, 9.17) is 4.74 Å². The van der Waals surface area contributed by atoms with E-state index in [0.717, 1.165) is 5.56 Å². The summed E-state index contributed by atoms with van der Waals surface area (Å²) in [6.45, 7) is 1.96. The van der Waals surface area contributed by atoms with Gasteiger partial charge in [0.05, 0.1) is 12.7 Å². The molecular formula is C11H13BrO2. The molecule has 0 N–H and O–H groups in total. The van der Waals surface area contributed by atoms with Crippen molar-refractivity contribution in [3.05, 3.63) is 29.3 Å². The zero-order valence-electron chi connectivity index (χ0n) is 8.34. The number of carbonyl (C=O) groups is 1. The van der Waals surface area contributed by atoms with Gasteiger partial charge in [0.2, 0.25) is 0 Å². The predicted molar refractivity (Wildman–Crippen MR) is 60.5 cm³/mol. The van der Waals surface area contributed by atoms with E-state index in [1.54, 1.807) is 7.11 Å². The molecule has 0 atom stereocenters. The number of methoxy groups -OCH3 is 1. The zero-order valence-corrected chi connectivity index (χ0v) is 9.93. The SMILES string of the molecule is COc1ccc(C)cc1C(=O)CCBr. The highest BCUT2D eigenvalue weighted by molar-refractivity contribution is 9.09. The second-order valence-corrected chi connectivity index (χ2v) is 3.86. The predicted octanol–water partition coefficient (Wildman–Crippen LogP) is 2.97. The highest BCUT2D eigenvalue weighted by Crippen LogP contribution is 2.21. The molecule has 1 aromatic rings. The lowest BCUT2D eigenvalue weighted by molar-refractivity contribution is 0.0987. The van der Waals surface area contributed by atoms with Gasteiger partial charge >= 0.3 is 0 Å². The average Bonchev–Trinajstić information content (AvgIpc) is 2.18. The summed E-state index contributed by atoms with van der Waals surface area (Å²) in [5, 5.41) is 0.683. The summed E-state index contributed by atoms with van der Waals surface area (Å²) in [5.41, 5.74) is 1.75. The molecule has 76 valence electrons. The minimum Gasteiger partial charge on any atom is -0.496 e. The molecule has 0 bridgehead atoms. The molecule has 0 heterocycles. The van der Waals surface area contributed by atoms with E-state index in [0.29, 0.717) is 23.1 Å². The van der Waals surface area contributed by atoms with Crippen LogP contribution >= 0.6 is 15.9 Å². The Kier molecular flexibility index (Phi) is 4.14. The van der Waals surface area contributed by atoms with Gasteiger partial charge in [0.25, 0.3) is 0 Å². The van der Waals surface area contributed by atoms with Crippen molar-refractivity contribution in [3.8, 4) is 5.75 Å². The minimum absolute atomic E-state index is 0.113. The lowest BCUT2D eigenvalue weighted by Crippen LogP contribution is -2.03. The first-order valence-electron chi connectivity index (χ1n) is 4.43. The molecule has 0 aromatic heterocycles. The van der Waals surface area contributed by atoms with E-state index in [2.05, 4.69) is 15.9 Å². The van der Waals surface area contributed by atoms with Crippen LogP contribution in [0.5, 0.6) is 5.75 Å². The Morgan fingerprint density at radius 3 is 2.79 bits per heavy atom. The molecule has 0 aliphatic rings. The van der Waals surface area contributed by atoms with Gasteiger partial charge in [-0.2, -0.15) is 0 Å². The van der Waals surface area contributed by atoms with Crippen LogP contribution in [0, 0.1) is 6.92 Å². The third-order valence-corrected chi connectivity index (χ3v) is 2.37. The first kappa shape index (κ1) is 11.2. The molecule has 0 saturated heterocycles.